The van der Waals surface area contributed by atoms with Gasteiger partial charge in [0.2, 0.25) is 11.8 Å². The summed E-state index contributed by atoms with van der Waals surface area (Å²) in [6.45, 7) is 7.66. The van der Waals surface area contributed by atoms with E-state index >= 15 is 0 Å². The highest BCUT2D eigenvalue weighted by atomic mass is 79.9. The highest BCUT2D eigenvalue weighted by molar-refractivity contribution is 9.10. The Morgan fingerprint density at radius 3 is 2.11 bits per heavy atom. The second-order valence-corrected chi connectivity index (χ2v) is 14.0. The van der Waals surface area contributed by atoms with E-state index in [1.54, 1.807) is 30.3 Å². The van der Waals surface area contributed by atoms with Crippen LogP contribution in [0.4, 0.5) is 5.69 Å². The fourth-order valence-electron chi connectivity index (χ4n) is 5.05. The smallest absolute Gasteiger partial charge is 0.264 e. The second-order valence-electron chi connectivity index (χ2n) is 11.3. The first-order valence-corrected chi connectivity index (χ1v) is 17.2. The minimum atomic E-state index is -4.16. The topological polar surface area (TPSA) is 86.8 Å². The van der Waals surface area contributed by atoms with Crippen LogP contribution in [-0.2, 0) is 32.6 Å². The van der Waals surface area contributed by atoms with Crippen LogP contribution in [-0.4, -0.2) is 44.3 Å². The number of amides is 2. The van der Waals surface area contributed by atoms with E-state index in [4.69, 9.17) is 0 Å². The van der Waals surface area contributed by atoms with E-state index in [-0.39, 0.29) is 23.8 Å². The minimum absolute atomic E-state index is 0.0859. The van der Waals surface area contributed by atoms with Crippen molar-refractivity contribution in [1.82, 2.24) is 10.2 Å². The molecule has 0 heterocycles. The Hall–Kier alpha value is -3.95. The Bertz CT molecular complexity index is 1710. The number of nitrogens with one attached hydrogen (secondary N) is 1. The molecule has 1 unspecified atom stereocenters. The lowest BCUT2D eigenvalue weighted by Gasteiger charge is -2.34. The number of aryl methyl sites for hydroxylation is 3. The Morgan fingerprint density at radius 1 is 0.822 bits per heavy atom. The zero-order valence-electron chi connectivity index (χ0n) is 26.2. The van der Waals surface area contributed by atoms with Gasteiger partial charge in [-0.3, -0.25) is 13.9 Å². The molecule has 236 valence electrons. The van der Waals surface area contributed by atoms with Crippen molar-refractivity contribution in [3.63, 3.8) is 0 Å². The van der Waals surface area contributed by atoms with Crippen LogP contribution in [0.1, 0.15) is 41.2 Å². The maximum Gasteiger partial charge on any atom is 0.264 e. The van der Waals surface area contributed by atoms with Crippen LogP contribution in [0, 0.1) is 20.8 Å². The van der Waals surface area contributed by atoms with E-state index in [0.29, 0.717) is 17.8 Å². The van der Waals surface area contributed by atoms with Gasteiger partial charge < -0.3 is 10.2 Å². The number of rotatable bonds is 13. The second kappa shape index (κ2) is 15.4. The molecule has 4 rings (SSSR count). The number of anilines is 1. The van der Waals surface area contributed by atoms with Crippen molar-refractivity contribution in [2.24, 2.45) is 0 Å². The van der Waals surface area contributed by atoms with Gasteiger partial charge in [0, 0.05) is 24.0 Å². The Labute approximate surface area is 275 Å². The number of hydrogen-bond acceptors (Lipinski definition) is 4. The molecule has 1 N–H and O–H groups in total. The Balaban J connectivity index is 1.82. The number of carbonyl (C=O) groups excluding carboxylic acids is 2. The standard InChI is InChI=1S/C36H40BrN3O4S/c1-5-21-38-36(42)34(23-29-9-7-6-8-10-29)39(24-30-15-17-31(37)18-16-30)35(41)25-40(33-22-27(3)11-14-28(33)4)45(43,44)32-19-12-26(2)13-20-32/h6-20,22,34H,5,21,23-25H2,1-4H3,(H,38,42). The highest BCUT2D eigenvalue weighted by Crippen LogP contribution is 2.29. The molecule has 0 radical (unpaired) electrons. The number of hydrogen-bond donors (Lipinski definition) is 1. The Morgan fingerprint density at radius 2 is 1.47 bits per heavy atom. The number of carbonyl (C=O) groups is 2. The van der Waals surface area contributed by atoms with E-state index in [1.807, 2.05) is 94.4 Å². The molecule has 0 saturated carbocycles. The molecule has 0 aliphatic rings. The Kier molecular flexibility index (Phi) is 11.6. The van der Waals surface area contributed by atoms with Crippen LogP contribution in [0.5, 0.6) is 0 Å². The summed E-state index contributed by atoms with van der Waals surface area (Å²) >= 11 is 3.47. The SMILES string of the molecule is CCCNC(=O)C(Cc1ccccc1)N(Cc1ccc(Br)cc1)C(=O)CN(c1cc(C)ccc1C)S(=O)(=O)c1ccc(C)cc1. The van der Waals surface area contributed by atoms with Gasteiger partial charge in [0.15, 0.2) is 0 Å². The van der Waals surface area contributed by atoms with Crippen LogP contribution in [0.15, 0.2) is 106 Å². The van der Waals surface area contributed by atoms with Gasteiger partial charge in [0.1, 0.15) is 12.6 Å². The summed E-state index contributed by atoms with van der Waals surface area (Å²) in [5.41, 5.74) is 4.62. The maximum atomic E-state index is 14.6. The molecule has 2 amide bonds. The van der Waals surface area contributed by atoms with Crippen LogP contribution in [0.25, 0.3) is 0 Å². The summed E-state index contributed by atoms with van der Waals surface area (Å²) in [6.07, 6.45) is 1.01. The van der Waals surface area contributed by atoms with Crippen molar-refractivity contribution in [2.45, 2.75) is 58.0 Å². The summed E-state index contributed by atoms with van der Waals surface area (Å²) in [7, 11) is -4.16. The third-order valence-corrected chi connectivity index (χ3v) is 9.91. The van der Waals surface area contributed by atoms with Gasteiger partial charge >= 0.3 is 0 Å². The first kappa shape index (κ1) is 33.9. The van der Waals surface area contributed by atoms with Crippen molar-refractivity contribution >= 4 is 43.5 Å². The molecule has 4 aromatic carbocycles. The van der Waals surface area contributed by atoms with Crippen LogP contribution < -0.4 is 9.62 Å². The van der Waals surface area contributed by atoms with Crippen molar-refractivity contribution in [3.8, 4) is 0 Å². The van der Waals surface area contributed by atoms with Gasteiger partial charge in [0.25, 0.3) is 10.0 Å². The van der Waals surface area contributed by atoms with Gasteiger partial charge in [-0.05, 0) is 79.8 Å². The molecule has 9 heteroatoms. The predicted octanol–water partition coefficient (Wildman–Crippen LogP) is 6.74. The van der Waals surface area contributed by atoms with Gasteiger partial charge in [-0.15, -0.1) is 0 Å². The van der Waals surface area contributed by atoms with Crippen LogP contribution in [0.2, 0.25) is 0 Å². The largest absolute Gasteiger partial charge is 0.354 e. The highest BCUT2D eigenvalue weighted by Gasteiger charge is 2.35. The fraction of sp³-hybridized carbons (Fsp3) is 0.278. The normalized spacial score (nSPS) is 11.9. The average Bonchev–Trinajstić information content (AvgIpc) is 3.03. The lowest BCUT2D eigenvalue weighted by Crippen LogP contribution is -2.53. The third kappa shape index (κ3) is 8.83. The number of sulfonamides is 1. The molecule has 0 bridgehead atoms. The molecule has 1 atom stereocenters. The van der Waals surface area contributed by atoms with Crippen LogP contribution in [0.3, 0.4) is 0 Å². The predicted molar refractivity (Wildman–Crippen MR) is 184 cm³/mol. The van der Waals surface area contributed by atoms with E-state index in [9.17, 15) is 18.0 Å². The molecule has 0 spiro atoms. The van der Waals surface area contributed by atoms with Gasteiger partial charge in [0.05, 0.1) is 10.6 Å². The molecule has 45 heavy (non-hydrogen) atoms. The quantitative estimate of drug-likeness (QED) is 0.169. The molecule has 0 aliphatic carbocycles. The summed E-state index contributed by atoms with van der Waals surface area (Å²) in [6, 6.07) is 28.3. The molecular weight excluding hydrogens is 650 g/mol. The molecule has 0 saturated heterocycles. The molecule has 0 fully saturated rings. The lowest BCUT2D eigenvalue weighted by molar-refractivity contribution is -0.140. The minimum Gasteiger partial charge on any atom is -0.354 e. The number of nitrogens with zero attached hydrogens (tertiary/aromatic N) is 2. The van der Waals surface area contributed by atoms with Gasteiger partial charge in [-0.2, -0.15) is 0 Å². The summed E-state index contributed by atoms with van der Waals surface area (Å²) < 4.78 is 30.6. The first-order chi connectivity index (χ1) is 21.5. The zero-order valence-corrected chi connectivity index (χ0v) is 28.6. The summed E-state index contributed by atoms with van der Waals surface area (Å²) in [4.78, 5) is 29.9. The van der Waals surface area contributed by atoms with Crippen molar-refractivity contribution in [3.05, 3.63) is 129 Å². The molecule has 0 aromatic heterocycles. The molecular formula is C36H40BrN3O4S. The van der Waals surface area contributed by atoms with Crippen LogP contribution >= 0.6 is 15.9 Å². The third-order valence-electron chi connectivity index (χ3n) is 7.61. The van der Waals surface area contributed by atoms with Crippen molar-refractivity contribution in [1.29, 1.82) is 0 Å². The van der Waals surface area contributed by atoms with E-state index < -0.39 is 28.5 Å². The van der Waals surface area contributed by atoms with Gasteiger partial charge in [-0.25, -0.2) is 8.42 Å². The number of benzene rings is 4. The maximum absolute atomic E-state index is 14.6. The summed E-state index contributed by atoms with van der Waals surface area (Å²) in [5.74, 6) is -0.770. The average molecular weight is 691 g/mol. The van der Waals surface area contributed by atoms with Crippen molar-refractivity contribution < 1.29 is 18.0 Å². The molecule has 0 aliphatic heterocycles. The molecule has 7 nitrogen and oxygen atoms in total. The van der Waals surface area contributed by atoms with E-state index in [2.05, 4.69) is 21.2 Å². The van der Waals surface area contributed by atoms with Crippen molar-refractivity contribution in [2.75, 3.05) is 17.4 Å². The van der Waals surface area contributed by atoms with E-state index in [0.717, 1.165) is 33.1 Å². The number of halogens is 1. The fourth-order valence-corrected chi connectivity index (χ4v) is 6.78. The first-order valence-electron chi connectivity index (χ1n) is 15.0. The summed E-state index contributed by atoms with van der Waals surface area (Å²) in [5, 5.41) is 2.97. The van der Waals surface area contributed by atoms with E-state index in [1.165, 1.54) is 9.21 Å². The monoisotopic (exact) mass is 689 g/mol. The molecule has 4 aromatic rings. The van der Waals surface area contributed by atoms with Gasteiger partial charge in [-0.1, -0.05) is 95.1 Å². The zero-order chi connectivity index (χ0) is 32.6. The lowest BCUT2D eigenvalue weighted by atomic mass is 10.0.